The summed E-state index contributed by atoms with van der Waals surface area (Å²) in [5.74, 6) is 1.07. The van der Waals surface area contributed by atoms with E-state index in [1.807, 2.05) is 17.7 Å². The maximum absolute atomic E-state index is 13.8. The first-order chi connectivity index (χ1) is 16.7. The molecule has 2 aromatic carbocycles. The van der Waals surface area contributed by atoms with Crippen LogP contribution >= 0.6 is 0 Å². The zero-order valence-electron chi connectivity index (χ0n) is 22.3. The van der Waals surface area contributed by atoms with Gasteiger partial charge in [-0.1, -0.05) is 75.4 Å². The summed E-state index contributed by atoms with van der Waals surface area (Å²) in [5.41, 5.74) is 5.38. The third-order valence-corrected chi connectivity index (χ3v) is 8.29. The number of aryl methyl sites for hydroxylation is 2. The summed E-state index contributed by atoms with van der Waals surface area (Å²) in [4.78, 5) is 13.8. The Balaban J connectivity index is 1.61. The summed E-state index contributed by atoms with van der Waals surface area (Å²) in [7, 11) is 0. The van der Waals surface area contributed by atoms with Gasteiger partial charge in [0.15, 0.2) is 5.78 Å². The maximum Gasteiger partial charge on any atom is 0.168 e. The number of aromatic nitrogens is 2. The Labute approximate surface area is 211 Å². The van der Waals surface area contributed by atoms with E-state index in [0.717, 1.165) is 49.2 Å². The molecule has 2 heterocycles. The smallest absolute Gasteiger partial charge is 0.168 e. The molecule has 1 aliphatic heterocycles. The largest absolute Gasteiger partial charge is 0.363 e. The van der Waals surface area contributed by atoms with E-state index < -0.39 is 0 Å². The van der Waals surface area contributed by atoms with Crippen LogP contribution in [0, 0.1) is 6.92 Å². The van der Waals surface area contributed by atoms with Crippen LogP contribution < -0.4 is 5.32 Å². The zero-order valence-corrected chi connectivity index (χ0v) is 22.3. The number of anilines is 1. The number of benzene rings is 2. The van der Waals surface area contributed by atoms with Crippen LogP contribution in [-0.4, -0.2) is 15.6 Å². The second-order valence-electron chi connectivity index (χ2n) is 10.8. The topological polar surface area (TPSA) is 46.9 Å². The van der Waals surface area contributed by atoms with Crippen molar-refractivity contribution in [2.45, 2.75) is 97.1 Å². The molecule has 1 N–H and O–H groups in total. The van der Waals surface area contributed by atoms with Gasteiger partial charge in [0, 0.05) is 6.42 Å². The molecule has 1 aliphatic rings. The molecule has 0 fully saturated rings. The van der Waals surface area contributed by atoms with Crippen LogP contribution in [0.25, 0.3) is 0 Å². The van der Waals surface area contributed by atoms with E-state index in [9.17, 15) is 4.79 Å². The number of carbonyl (C=O) groups excluding carboxylic acids is 1. The number of Topliss-reactive ketones (excluding diaryl/α,β-unsaturated/α-hetero) is 1. The lowest BCUT2D eigenvalue weighted by atomic mass is 9.72. The molecular formula is C31H41N3O. The summed E-state index contributed by atoms with van der Waals surface area (Å²) in [6, 6.07) is 19.7. The molecule has 0 amide bonds. The van der Waals surface area contributed by atoms with Gasteiger partial charge in [-0.15, -0.1) is 0 Å². The highest BCUT2D eigenvalue weighted by atomic mass is 16.1. The molecule has 0 saturated carbocycles. The van der Waals surface area contributed by atoms with E-state index in [4.69, 9.17) is 5.10 Å². The number of ketones is 1. The lowest BCUT2D eigenvalue weighted by Gasteiger charge is -2.38. The average molecular weight is 472 g/mol. The van der Waals surface area contributed by atoms with Crippen LogP contribution in [-0.2, 0) is 17.4 Å². The van der Waals surface area contributed by atoms with Crippen LogP contribution in [0.5, 0.6) is 0 Å². The van der Waals surface area contributed by atoms with E-state index in [1.54, 1.807) is 0 Å². The minimum absolute atomic E-state index is 0.0162. The van der Waals surface area contributed by atoms with Crippen molar-refractivity contribution in [3.8, 4) is 0 Å². The normalized spacial score (nSPS) is 17.0. The Morgan fingerprint density at radius 1 is 1.06 bits per heavy atom. The molecule has 1 aromatic heterocycles. The summed E-state index contributed by atoms with van der Waals surface area (Å²) >= 11 is 0. The zero-order chi connectivity index (χ0) is 25.2. The second kappa shape index (κ2) is 10.0. The van der Waals surface area contributed by atoms with Gasteiger partial charge in [-0.25, -0.2) is 4.68 Å². The quantitative estimate of drug-likeness (QED) is 0.324. The fourth-order valence-electron chi connectivity index (χ4n) is 5.85. The van der Waals surface area contributed by atoms with Crippen LogP contribution in [0.4, 0.5) is 5.82 Å². The maximum atomic E-state index is 13.8. The van der Waals surface area contributed by atoms with Crippen molar-refractivity contribution in [2.24, 2.45) is 0 Å². The van der Waals surface area contributed by atoms with Gasteiger partial charge in [-0.2, -0.15) is 5.10 Å². The summed E-state index contributed by atoms with van der Waals surface area (Å²) < 4.78 is 2.05. The molecule has 4 heteroatoms. The number of nitrogens with zero attached hydrogens (tertiary/aromatic N) is 2. The number of hydrogen-bond donors (Lipinski definition) is 1. The third kappa shape index (κ3) is 4.80. The van der Waals surface area contributed by atoms with Crippen molar-refractivity contribution in [2.75, 3.05) is 5.32 Å². The van der Waals surface area contributed by atoms with Crippen molar-refractivity contribution >= 4 is 11.6 Å². The molecule has 0 saturated heterocycles. The molecule has 0 radical (unpaired) electrons. The van der Waals surface area contributed by atoms with Crippen LogP contribution in [0.15, 0.2) is 54.6 Å². The van der Waals surface area contributed by atoms with Crippen LogP contribution in [0.3, 0.4) is 0 Å². The molecule has 4 rings (SSSR count). The van der Waals surface area contributed by atoms with Crippen molar-refractivity contribution in [3.05, 3.63) is 82.5 Å². The van der Waals surface area contributed by atoms with Crippen molar-refractivity contribution in [1.82, 2.24) is 9.78 Å². The minimum atomic E-state index is -0.179. The lowest BCUT2D eigenvalue weighted by molar-refractivity contribution is 0.0968. The Morgan fingerprint density at radius 3 is 2.31 bits per heavy atom. The summed E-state index contributed by atoms with van der Waals surface area (Å²) in [6.45, 7) is 13.1. The molecular weight excluding hydrogens is 430 g/mol. The molecule has 0 bridgehead atoms. The first-order valence-corrected chi connectivity index (χ1v) is 13.3. The SMILES string of the molecule is CCc1ccc(C(CC)(CC)CCC(=O)c2c(C)nn3c2N[C@@H](c2ccccc2)CC3(C)C)cc1. The predicted octanol–water partition coefficient (Wildman–Crippen LogP) is 7.77. The van der Waals surface area contributed by atoms with Gasteiger partial charge >= 0.3 is 0 Å². The third-order valence-electron chi connectivity index (χ3n) is 8.29. The second-order valence-corrected chi connectivity index (χ2v) is 10.8. The Bertz CT molecular complexity index is 1150. The van der Waals surface area contributed by atoms with Gasteiger partial charge in [-0.05, 0) is 75.0 Å². The highest BCUT2D eigenvalue weighted by Gasteiger charge is 2.38. The fourth-order valence-corrected chi connectivity index (χ4v) is 5.85. The number of rotatable bonds is 9. The number of fused-ring (bicyclic) bond motifs is 1. The van der Waals surface area contributed by atoms with E-state index in [2.05, 4.69) is 88.5 Å². The Hall–Kier alpha value is -2.88. The first-order valence-electron chi connectivity index (χ1n) is 13.3. The van der Waals surface area contributed by atoms with Gasteiger partial charge in [0.05, 0.1) is 22.8 Å². The molecule has 1 atom stereocenters. The van der Waals surface area contributed by atoms with Crippen LogP contribution in [0.1, 0.15) is 106 Å². The van der Waals surface area contributed by atoms with E-state index >= 15 is 0 Å². The number of carbonyl (C=O) groups is 1. The fraction of sp³-hybridized carbons (Fsp3) is 0.484. The molecule has 35 heavy (non-hydrogen) atoms. The molecule has 186 valence electrons. The standard InChI is InChI=1S/C31H41N3O/c1-7-23-15-17-25(18-16-23)31(8-2,9-3)20-19-27(35)28-22(4)33-34-29(28)32-26(21-30(34,5)6)24-13-11-10-12-14-24/h10-18,26,32H,7-9,19-21H2,1-6H3/t26-/m1/s1. The van der Waals surface area contributed by atoms with Gasteiger partial charge < -0.3 is 5.32 Å². The summed E-state index contributed by atoms with van der Waals surface area (Å²) in [6.07, 6.45) is 5.38. The predicted molar refractivity (Wildman–Crippen MR) is 145 cm³/mol. The highest BCUT2D eigenvalue weighted by molar-refractivity contribution is 6.02. The molecule has 0 spiro atoms. The van der Waals surface area contributed by atoms with Crippen molar-refractivity contribution in [1.29, 1.82) is 0 Å². The van der Waals surface area contributed by atoms with Gasteiger partial charge in [0.2, 0.25) is 0 Å². The molecule has 0 unspecified atom stereocenters. The number of nitrogens with one attached hydrogen (secondary N) is 1. The van der Waals surface area contributed by atoms with E-state index in [0.29, 0.717) is 6.42 Å². The average Bonchev–Trinajstić information content (AvgIpc) is 3.22. The van der Waals surface area contributed by atoms with Crippen molar-refractivity contribution in [3.63, 3.8) is 0 Å². The summed E-state index contributed by atoms with van der Waals surface area (Å²) in [5, 5.41) is 8.54. The van der Waals surface area contributed by atoms with Crippen molar-refractivity contribution < 1.29 is 4.79 Å². The minimum Gasteiger partial charge on any atom is -0.363 e. The monoisotopic (exact) mass is 471 g/mol. The van der Waals surface area contributed by atoms with E-state index in [1.165, 1.54) is 16.7 Å². The lowest BCUT2D eigenvalue weighted by Crippen LogP contribution is -2.38. The van der Waals surface area contributed by atoms with Gasteiger partial charge in [0.25, 0.3) is 0 Å². The first kappa shape index (κ1) is 25.2. The molecule has 4 nitrogen and oxygen atoms in total. The van der Waals surface area contributed by atoms with Gasteiger partial charge in [0.1, 0.15) is 5.82 Å². The van der Waals surface area contributed by atoms with Crippen LogP contribution in [0.2, 0.25) is 0 Å². The van der Waals surface area contributed by atoms with E-state index in [-0.39, 0.29) is 22.8 Å². The van der Waals surface area contributed by atoms with Gasteiger partial charge in [-0.3, -0.25) is 4.79 Å². The molecule has 0 aliphatic carbocycles. The Kier molecular flexibility index (Phi) is 7.21. The Morgan fingerprint density at radius 2 is 1.71 bits per heavy atom. The highest BCUT2D eigenvalue weighted by Crippen LogP contribution is 2.42. The number of hydrogen-bond acceptors (Lipinski definition) is 3. The molecule has 3 aromatic rings.